The van der Waals surface area contributed by atoms with E-state index in [4.69, 9.17) is 10.1 Å². The van der Waals surface area contributed by atoms with Crippen LogP contribution in [0.5, 0.6) is 0 Å². The van der Waals surface area contributed by atoms with Crippen molar-refractivity contribution in [3.05, 3.63) is 169 Å². The highest BCUT2D eigenvalue weighted by atomic mass is 28.3. The molecule has 10 aromatic rings. The Morgan fingerprint density at radius 1 is 0.475 bits per heavy atom. The van der Waals surface area contributed by atoms with E-state index in [1.165, 1.54) is 75.6 Å². The monoisotopic (exact) mass is 781 g/mol. The number of fused-ring (bicyclic) bond motifs is 9. The van der Waals surface area contributed by atoms with Gasteiger partial charge in [-0.05, 0) is 97.2 Å². The maximum atomic E-state index is 4.93. The number of H-pyrrole nitrogens is 1. The van der Waals surface area contributed by atoms with Crippen molar-refractivity contribution in [2.75, 3.05) is 0 Å². The van der Waals surface area contributed by atoms with Gasteiger partial charge in [0.15, 0.2) is 13.9 Å². The van der Waals surface area contributed by atoms with E-state index in [1.54, 1.807) is 0 Å². The quantitative estimate of drug-likeness (QED) is 0.181. The lowest BCUT2D eigenvalue weighted by Gasteiger charge is -2.33. The van der Waals surface area contributed by atoms with E-state index < -0.39 is 8.07 Å². The van der Waals surface area contributed by atoms with Crippen LogP contribution in [0.1, 0.15) is 58.4 Å². The summed E-state index contributed by atoms with van der Waals surface area (Å²) in [7, 11) is -3.10. The van der Waals surface area contributed by atoms with Gasteiger partial charge < -0.3 is 0 Å². The number of rotatable bonds is 4. The van der Waals surface area contributed by atoms with Gasteiger partial charge in [0.2, 0.25) is 0 Å². The second-order valence-electron chi connectivity index (χ2n) is 18.5. The van der Waals surface area contributed by atoms with E-state index in [2.05, 4.69) is 202 Å². The fraction of sp³-hybridized carbons (Fsp3) is 0.170. The van der Waals surface area contributed by atoms with Gasteiger partial charge in [-0.1, -0.05) is 145 Å². The molecule has 0 saturated carbocycles. The SMILES string of the molecule is Cc1cc(-n2c3ccccc3c3ccc([Si]4(c5ccc6c7ccccc7n(-c7ccccn7)c6c5)c5cc(C(C)(C)C)ccc5-c5ccc(C(C)(C)C)cc54)cc32)n[nH]1. The third-order valence-electron chi connectivity index (χ3n) is 12.9. The van der Waals surface area contributed by atoms with Crippen LogP contribution in [-0.4, -0.2) is 32.4 Å². The van der Waals surface area contributed by atoms with E-state index in [0.29, 0.717) is 0 Å². The molecule has 1 N–H and O–H groups in total. The number of pyridine rings is 1. The van der Waals surface area contributed by atoms with Crippen molar-refractivity contribution < 1.29 is 0 Å². The number of aryl methyl sites for hydroxylation is 1. The standard InChI is InChI=1S/C53H47N5Si/c1-33-28-51(56-55-33)58-45-17-11-9-15-39(45)41-26-22-37(32-47(41)58)59(36-21-25-40-38-14-8-10-16-44(38)57(46(40)31-36)50-18-12-13-27-54-50)48-29-34(52(2,3)4)19-23-42(48)43-24-20-35(30-49(43)59)53(5,6)7/h8-32H,1-7H3,(H,55,56). The average Bonchev–Trinajstić information content (AvgIpc) is 3.98. The summed E-state index contributed by atoms with van der Waals surface area (Å²) in [5.41, 5.74) is 11.0. The molecular weight excluding hydrogens is 735 g/mol. The van der Waals surface area contributed by atoms with Crippen LogP contribution in [-0.2, 0) is 10.8 Å². The molecule has 59 heavy (non-hydrogen) atoms. The van der Waals surface area contributed by atoms with Gasteiger partial charge in [0.25, 0.3) is 0 Å². The van der Waals surface area contributed by atoms with Crippen LogP contribution in [0.2, 0.25) is 0 Å². The predicted molar refractivity (Wildman–Crippen MR) is 250 cm³/mol. The maximum absolute atomic E-state index is 4.93. The molecule has 6 aromatic carbocycles. The second kappa shape index (κ2) is 12.5. The molecule has 5 heterocycles. The molecule has 288 valence electrons. The molecule has 0 atom stereocenters. The van der Waals surface area contributed by atoms with Crippen LogP contribution >= 0.6 is 0 Å². The van der Waals surface area contributed by atoms with E-state index >= 15 is 0 Å². The topological polar surface area (TPSA) is 51.4 Å². The van der Waals surface area contributed by atoms with Gasteiger partial charge in [0, 0.05) is 39.5 Å². The molecule has 4 aromatic heterocycles. The Bertz CT molecular complexity index is 3250. The Labute approximate surface area is 346 Å². The third kappa shape index (κ3) is 5.15. The van der Waals surface area contributed by atoms with Gasteiger partial charge in [-0.2, -0.15) is 5.10 Å². The molecule has 11 rings (SSSR count). The summed E-state index contributed by atoms with van der Waals surface area (Å²) in [6, 6.07) is 55.4. The number of benzene rings is 6. The minimum Gasteiger partial charge on any atom is -0.294 e. The van der Waals surface area contributed by atoms with Crippen LogP contribution in [0.15, 0.2) is 152 Å². The minimum absolute atomic E-state index is 0.0376. The number of aromatic amines is 1. The number of hydrogen-bond donors (Lipinski definition) is 1. The van der Waals surface area contributed by atoms with Crippen LogP contribution in [0.3, 0.4) is 0 Å². The summed E-state index contributed by atoms with van der Waals surface area (Å²) < 4.78 is 4.72. The second-order valence-corrected chi connectivity index (χ2v) is 22.3. The molecule has 0 radical (unpaired) electrons. The third-order valence-corrected chi connectivity index (χ3v) is 17.7. The highest BCUT2D eigenvalue weighted by Crippen LogP contribution is 2.38. The number of nitrogens with one attached hydrogen (secondary N) is 1. The van der Waals surface area contributed by atoms with E-state index in [1.807, 2.05) is 12.3 Å². The largest absolute Gasteiger partial charge is 0.294 e. The maximum Gasteiger partial charge on any atom is 0.181 e. The van der Waals surface area contributed by atoms with Gasteiger partial charge in [-0.3, -0.25) is 14.2 Å². The first-order valence-electron chi connectivity index (χ1n) is 20.7. The summed E-state index contributed by atoms with van der Waals surface area (Å²) in [6.45, 7) is 16.1. The van der Waals surface area contributed by atoms with Crippen molar-refractivity contribution in [3.8, 4) is 22.8 Å². The fourth-order valence-corrected chi connectivity index (χ4v) is 15.2. The molecule has 0 amide bonds. The molecule has 0 unspecified atom stereocenters. The summed E-state index contributed by atoms with van der Waals surface area (Å²) in [6.07, 6.45) is 1.90. The molecule has 6 heteroatoms. The molecular formula is C53H47N5Si. The van der Waals surface area contributed by atoms with Gasteiger partial charge in [-0.15, -0.1) is 0 Å². The number of hydrogen-bond acceptors (Lipinski definition) is 2. The fourth-order valence-electron chi connectivity index (χ4n) is 9.95. The zero-order chi connectivity index (χ0) is 40.4. The predicted octanol–water partition coefficient (Wildman–Crippen LogP) is 10.3. The van der Waals surface area contributed by atoms with E-state index in [9.17, 15) is 0 Å². The first-order valence-corrected chi connectivity index (χ1v) is 22.7. The number of nitrogens with zero attached hydrogens (tertiary/aromatic N) is 4. The Kier molecular flexibility index (Phi) is 7.55. The van der Waals surface area contributed by atoms with Crippen LogP contribution in [0.25, 0.3) is 66.4 Å². The average molecular weight is 782 g/mol. The number of aromatic nitrogens is 5. The lowest BCUT2D eigenvalue weighted by molar-refractivity contribution is 0.590. The van der Waals surface area contributed by atoms with Crippen molar-refractivity contribution in [2.24, 2.45) is 0 Å². The Morgan fingerprint density at radius 3 is 1.44 bits per heavy atom. The molecule has 0 spiro atoms. The highest BCUT2D eigenvalue weighted by Gasteiger charge is 2.50. The van der Waals surface area contributed by atoms with Crippen molar-refractivity contribution in [3.63, 3.8) is 0 Å². The minimum atomic E-state index is -3.10. The summed E-state index contributed by atoms with van der Waals surface area (Å²) in [5, 5.41) is 18.6. The van der Waals surface area contributed by atoms with Crippen LogP contribution in [0.4, 0.5) is 0 Å². The normalized spacial score (nSPS) is 13.8. The number of para-hydroxylation sites is 2. The van der Waals surface area contributed by atoms with Crippen LogP contribution < -0.4 is 20.7 Å². The lowest BCUT2D eigenvalue weighted by Crippen LogP contribution is -2.73. The molecule has 1 aliphatic heterocycles. The Morgan fingerprint density at radius 2 is 0.966 bits per heavy atom. The molecule has 5 nitrogen and oxygen atoms in total. The Balaban J connectivity index is 1.33. The highest BCUT2D eigenvalue weighted by molar-refractivity contribution is 7.22. The van der Waals surface area contributed by atoms with Gasteiger partial charge >= 0.3 is 0 Å². The summed E-state index contributed by atoms with van der Waals surface area (Å²) in [4.78, 5) is 4.93. The van der Waals surface area contributed by atoms with Crippen molar-refractivity contribution in [2.45, 2.75) is 59.3 Å². The summed E-state index contributed by atoms with van der Waals surface area (Å²) in [5.74, 6) is 1.82. The molecule has 0 aliphatic carbocycles. The Hall–Kier alpha value is -6.50. The van der Waals surface area contributed by atoms with Crippen molar-refractivity contribution in [1.29, 1.82) is 0 Å². The first kappa shape index (κ1) is 35.6. The van der Waals surface area contributed by atoms with Crippen LogP contribution in [0, 0.1) is 6.92 Å². The van der Waals surface area contributed by atoms with Gasteiger partial charge in [0.1, 0.15) is 5.82 Å². The zero-order valence-electron chi connectivity index (χ0n) is 34.7. The van der Waals surface area contributed by atoms with Crippen molar-refractivity contribution in [1.82, 2.24) is 24.3 Å². The molecule has 1 aliphatic rings. The van der Waals surface area contributed by atoms with Gasteiger partial charge in [-0.25, -0.2) is 4.98 Å². The van der Waals surface area contributed by atoms with E-state index in [-0.39, 0.29) is 10.8 Å². The van der Waals surface area contributed by atoms with E-state index in [0.717, 1.165) is 28.4 Å². The first-order chi connectivity index (χ1) is 28.4. The smallest absolute Gasteiger partial charge is 0.181 e. The van der Waals surface area contributed by atoms with Crippen molar-refractivity contribution >= 4 is 72.4 Å². The summed E-state index contributed by atoms with van der Waals surface area (Å²) >= 11 is 0. The molecule has 0 saturated heterocycles. The lowest BCUT2D eigenvalue weighted by atomic mass is 9.85. The van der Waals surface area contributed by atoms with Gasteiger partial charge in [0.05, 0.1) is 22.1 Å². The molecule has 0 bridgehead atoms. The molecule has 0 fully saturated rings. The zero-order valence-corrected chi connectivity index (χ0v) is 35.7.